The van der Waals surface area contributed by atoms with Crippen molar-refractivity contribution >= 4 is 11.7 Å². The molecule has 0 aromatic rings. The van der Waals surface area contributed by atoms with Gasteiger partial charge in [-0.15, -0.1) is 0 Å². The van der Waals surface area contributed by atoms with E-state index < -0.39 is 0 Å². The topological polar surface area (TPSA) is 53.9 Å². The van der Waals surface area contributed by atoms with Gasteiger partial charge >= 0.3 is 0 Å². The molecule has 5 heteroatoms. The van der Waals surface area contributed by atoms with Crippen LogP contribution in [-0.2, 0) is 9.59 Å². The van der Waals surface area contributed by atoms with Crippen molar-refractivity contribution in [2.24, 2.45) is 11.8 Å². The Morgan fingerprint density at radius 1 is 0.933 bits per heavy atom. The number of hydrogen-bond donors (Lipinski definition) is 2. The van der Waals surface area contributed by atoms with Crippen LogP contribution in [0.2, 0.25) is 0 Å². The Morgan fingerprint density at radius 2 is 1.60 bits per heavy atom. The first-order valence-corrected chi connectivity index (χ1v) is 12.9. The fourth-order valence-corrected chi connectivity index (χ4v) is 5.06. The lowest BCUT2D eigenvalue weighted by Crippen LogP contribution is -3.13. The van der Waals surface area contributed by atoms with Gasteiger partial charge in [0.05, 0.1) is 26.1 Å². The Bertz CT molecular complexity index is 481. The minimum absolute atomic E-state index is 0.218. The number of quaternary nitrogens is 1. The summed E-state index contributed by atoms with van der Waals surface area (Å²) in [7, 11) is 0. The minimum atomic E-state index is 0.218. The SMILES string of the molecule is CCCCNC(=O)CCN1CCC(CCCC2CC[NH+](CCC(=O)CC)CC2)CC1. The highest BCUT2D eigenvalue weighted by Gasteiger charge is 2.23. The third-order valence-electron chi connectivity index (χ3n) is 7.40. The largest absolute Gasteiger partial charge is 0.356 e. The molecule has 2 N–H and O–H groups in total. The number of carbonyl (C=O) groups is 2. The van der Waals surface area contributed by atoms with Crippen molar-refractivity contribution in [2.75, 3.05) is 45.8 Å². The van der Waals surface area contributed by atoms with Crippen LogP contribution in [0.4, 0.5) is 0 Å². The van der Waals surface area contributed by atoms with E-state index >= 15 is 0 Å². The van der Waals surface area contributed by atoms with Gasteiger partial charge in [0.25, 0.3) is 0 Å². The van der Waals surface area contributed by atoms with Crippen molar-refractivity contribution < 1.29 is 14.5 Å². The summed E-state index contributed by atoms with van der Waals surface area (Å²) in [5, 5.41) is 3.03. The number of hydrogen-bond acceptors (Lipinski definition) is 3. The van der Waals surface area contributed by atoms with E-state index in [0.717, 1.165) is 50.7 Å². The maximum atomic E-state index is 11.9. The lowest BCUT2D eigenvalue weighted by molar-refractivity contribution is -0.905. The molecule has 2 rings (SSSR count). The molecule has 174 valence electrons. The number of amides is 1. The fourth-order valence-electron chi connectivity index (χ4n) is 5.06. The van der Waals surface area contributed by atoms with E-state index in [9.17, 15) is 9.59 Å². The molecule has 30 heavy (non-hydrogen) atoms. The zero-order valence-corrected chi connectivity index (χ0v) is 19.9. The molecule has 0 unspecified atom stereocenters. The highest BCUT2D eigenvalue weighted by molar-refractivity contribution is 5.78. The summed E-state index contributed by atoms with van der Waals surface area (Å²) in [6, 6.07) is 0. The molecule has 0 radical (unpaired) electrons. The van der Waals surface area contributed by atoms with Crippen LogP contribution in [0.5, 0.6) is 0 Å². The van der Waals surface area contributed by atoms with Crippen LogP contribution in [-0.4, -0.2) is 62.4 Å². The molecule has 0 saturated carbocycles. The van der Waals surface area contributed by atoms with Gasteiger partial charge in [-0.25, -0.2) is 0 Å². The van der Waals surface area contributed by atoms with Crippen molar-refractivity contribution in [3.8, 4) is 0 Å². The van der Waals surface area contributed by atoms with Crippen LogP contribution in [0.3, 0.4) is 0 Å². The Balaban J connectivity index is 1.47. The molecule has 2 fully saturated rings. The number of likely N-dealkylation sites (tertiary alicyclic amines) is 2. The first-order chi connectivity index (χ1) is 14.6. The van der Waals surface area contributed by atoms with Crippen LogP contribution < -0.4 is 10.2 Å². The standard InChI is InChI=1S/C25H47N3O2/c1-3-5-15-26-25(30)14-21-28-18-11-23(12-19-28)8-6-7-22-9-16-27(17-10-22)20-13-24(29)4-2/h22-23H,3-21H2,1-2H3,(H,26,30)/p+1. The number of ketones is 1. The molecule has 0 aromatic heterocycles. The number of carbonyl (C=O) groups excluding carboxylic acids is 2. The Hall–Kier alpha value is -0.940. The summed E-state index contributed by atoms with van der Waals surface area (Å²) in [6.07, 6.45) is 13.9. The molecule has 2 heterocycles. The first kappa shape index (κ1) is 25.3. The molecular formula is C25H48N3O2+. The van der Waals surface area contributed by atoms with Gasteiger partial charge in [0, 0.05) is 25.9 Å². The van der Waals surface area contributed by atoms with Crippen LogP contribution in [0.1, 0.15) is 90.9 Å². The number of unbranched alkanes of at least 4 members (excludes halogenated alkanes) is 1. The highest BCUT2D eigenvalue weighted by Crippen LogP contribution is 2.25. The third-order valence-corrected chi connectivity index (χ3v) is 7.40. The molecule has 2 aliphatic rings. The smallest absolute Gasteiger partial charge is 0.221 e. The molecule has 0 atom stereocenters. The Labute approximate surface area is 185 Å². The molecule has 0 bridgehead atoms. The predicted molar refractivity (Wildman–Crippen MR) is 124 cm³/mol. The van der Waals surface area contributed by atoms with E-state index in [2.05, 4.69) is 17.1 Å². The first-order valence-electron chi connectivity index (χ1n) is 12.9. The van der Waals surface area contributed by atoms with Crippen molar-refractivity contribution in [3.63, 3.8) is 0 Å². The van der Waals surface area contributed by atoms with Gasteiger partial charge in [0.15, 0.2) is 0 Å². The zero-order chi connectivity index (χ0) is 21.6. The van der Waals surface area contributed by atoms with Gasteiger partial charge in [0.1, 0.15) is 5.78 Å². The van der Waals surface area contributed by atoms with E-state index in [1.807, 2.05) is 6.92 Å². The van der Waals surface area contributed by atoms with Crippen LogP contribution in [0.15, 0.2) is 0 Å². The van der Waals surface area contributed by atoms with Crippen molar-refractivity contribution in [1.29, 1.82) is 0 Å². The van der Waals surface area contributed by atoms with E-state index in [1.54, 1.807) is 4.90 Å². The summed E-state index contributed by atoms with van der Waals surface area (Å²) < 4.78 is 0. The molecule has 5 nitrogen and oxygen atoms in total. The third kappa shape index (κ3) is 10.4. The lowest BCUT2D eigenvalue weighted by atomic mass is 9.87. The number of nitrogens with one attached hydrogen (secondary N) is 2. The van der Waals surface area contributed by atoms with Gasteiger partial charge in [-0.1, -0.05) is 39.5 Å². The van der Waals surface area contributed by atoms with E-state index in [1.165, 1.54) is 71.1 Å². The normalized spacial score (nSPS) is 23.4. The monoisotopic (exact) mass is 422 g/mol. The predicted octanol–water partition coefficient (Wildman–Crippen LogP) is 2.84. The average molecular weight is 423 g/mol. The van der Waals surface area contributed by atoms with E-state index in [4.69, 9.17) is 0 Å². The quantitative estimate of drug-likeness (QED) is 0.423. The lowest BCUT2D eigenvalue weighted by Gasteiger charge is -2.32. The molecule has 0 aliphatic carbocycles. The number of rotatable bonds is 14. The van der Waals surface area contributed by atoms with Gasteiger partial charge in [-0.2, -0.15) is 0 Å². The molecule has 2 aliphatic heterocycles. The second-order valence-electron chi connectivity index (χ2n) is 9.76. The van der Waals surface area contributed by atoms with Gasteiger partial charge in [0.2, 0.25) is 5.91 Å². The summed E-state index contributed by atoms with van der Waals surface area (Å²) in [6.45, 7) is 11.8. The van der Waals surface area contributed by atoms with Crippen molar-refractivity contribution in [3.05, 3.63) is 0 Å². The minimum Gasteiger partial charge on any atom is -0.356 e. The zero-order valence-electron chi connectivity index (χ0n) is 19.9. The van der Waals surface area contributed by atoms with Crippen LogP contribution >= 0.6 is 0 Å². The summed E-state index contributed by atoms with van der Waals surface area (Å²) in [5.41, 5.74) is 0. The summed E-state index contributed by atoms with van der Waals surface area (Å²) >= 11 is 0. The van der Waals surface area contributed by atoms with Gasteiger partial charge in [-0.3, -0.25) is 9.59 Å². The molecule has 1 amide bonds. The maximum absolute atomic E-state index is 11.9. The maximum Gasteiger partial charge on any atom is 0.221 e. The second kappa shape index (κ2) is 15.0. The molecule has 0 aromatic carbocycles. The highest BCUT2D eigenvalue weighted by atomic mass is 16.1. The average Bonchev–Trinajstić information content (AvgIpc) is 2.78. The number of Topliss-reactive ketones (excluding diaryl/α,β-unsaturated/α-hetero) is 1. The van der Waals surface area contributed by atoms with Gasteiger partial charge in [-0.05, 0) is 57.0 Å². The van der Waals surface area contributed by atoms with E-state index in [0.29, 0.717) is 18.6 Å². The van der Waals surface area contributed by atoms with Gasteiger partial charge < -0.3 is 15.1 Å². The molecule has 2 saturated heterocycles. The number of piperidine rings is 2. The van der Waals surface area contributed by atoms with Crippen LogP contribution in [0.25, 0.3) is 0 Å². The Morgan fingerprint density at radius 3 is 2.23 bits per heavy atom. The van der Waals surface area contributed by atoms with Crippen molar-refractivity contribution in [2.45, 2.75) is 90.9 Å². The summed E-state index contributed by atoms with van der Waals surface area (Å²) in [4.78, 5) is 27.5. The van der Waals surface area contributed by atoms with Crippen LogP contribution in [0, 0.1) is 11.8 Å². The Kier molecular flexibility index (Phi) is 12.6. The molecular weight excluding hydrogens is 374 g/mol. The number of nitrogens with zero attached hydrogens (tertiary/aromatic N) is 1. The second-order valence-corrected chi connectivity index (χ2v) is 9.76. The molecule has 0 spiro atoms. The van der Waals surface area contributed by atoms with Crippen molar-refractivity contribution in [1.82, 2.24) is 10.2 Å². The summed E-state index contributed by atoms with van der Waals surface area (Å²) in [5.74, 6) is 2.45. The fraction of sp³-hybridized carbons (Fsp3) is 0.920. The van der Waals surface area contributed by atoms with E-state index in [-0.39, 0.29) is 5.91 Å².